The molecule has 1 atom stereocenters. The van der Waals surface area contributed by atoms with Crippen molar-refractivity contribution in [1.29, 1.82) is 0 Å². The number of fused-ring (bicyclic) bond motifs is 1. The zero-order valence-electron chi connectivity index (χ0n) is 11.1. The lowest BCUT2D eigenvalue weighted by Crippen LogP contribution is -2.18. The molecular weight excluding hydrogens is 244 g/mol. The molecule has 0 bridgehead atoms. The van der Waals surface area contributed by atoms with Gasteiger partial charge in [-0.2, -0.15) is 9.61 Å². The van der Waals surface area contributed by atoms with Crippen molar-refractivity contribution in [2.24, 2.45) is 0 Å². The lowest BCUT2D eigenvalue weighted by atomic mass is 10.1. The predicted octanol–water partition coefficient (Wildman–Crippen LogP) is 2.09. The molecule has 6 heteroatoms. The van der Waals surface area contributed by atoms with Crippen LogP contribution in [0.1, 0.15) is 31.7 Å². The van der Waals surface area contributed by atoms with E-state index in [1.807, 2.05) is 26.0 Å². The third kappa shape index (κ3) is 3.43. The Morgan fingerprint density at radius 2 is 2.32 bits per heavy atom. The average molecular weight is 262 g/mol. The van der Waals surface area contributed by atoms with Crippen molar-refractivity contribution in [3.8, 4) is 0 Å². The monoisotopic (exact) mass is 262 g/mol. The Morgan fingerprint density at radius 1 is 1.53 bits per heavy atom. The molecule has 2 aromatic rings. The minimum absolute atomic E-state index is 0.188. The fourth-order valence-electron chi connectivity index (χ4n) is 2.04. The third-order valence-corrected chi connectivity index (χ3v) is 2.95. The van der Waals surface area contributed by atoms with Crippen LogP contribution in [0.25, 0.3) is 5.65 Å². The number of pyridine rings is 1. The molecule has 0 saturated heterocycles. The maximum Gasteiger partial charge on any atom is 0.303 e. The first-order chi connectivity index (χ1) is 9.06. The van der Waals surface area contributed by atoms with E-state index in [-0.39, 0.29) is 12.5 Å². The molecule has 0 aliphatic heterocycles. The Balaban J connectivity index is 2.04. The topological polar surface area (TPSA) is 79.5 Å². The maximum atomic E-state index is 10.5. The van der Waals surface area contributed by atoms with Crippen molar-refractivity contribution in [2.45, 2.75) is 39.2 Å². The molecule has 2 rings (SSSR count). The zero-order chi connectivity index (χ0) is 13.8. The smallest absolute Gasteiger partial charge is 0.303 e. The number of carboxylic acid groups (broad SMARTS) is 1. The van der Waals surface area contributed by atoms with Gasteiger partial charge in [0.05, 0.1) is 0 Å². The van der Waals surface area contributed by atoms with Gasteiger partial charge in [0.2, 0.25) is 0 Å². The summed E-state index contributed by atoms with van der Waals surface area (Å²) in [7, 11) is 0. The normalized spacial score (nSPS) is 12.5. The van der Waals surface area contributed by atoms with Gasteiger partial charge in [-0.1, -0.05) is 0 Å². The van der Waals surface area contributed by atoms with E-state index in [4.69, 9.17) is 5.11 Å². The molecular formula is C13H18N4O2. The molecule has 1 unspecified atom stereocenters. The Bertz CT molecular complexity index is 579. The molecule has 19 heavy (non-hydrogen) atoms. The molecule has 0 saturated carbocycles. The van der Waals surface area contributed by atoms with Gasteiger partial charge in [-0.25, -0.2) is 4.98 Å². The molecule has 0 fully saturated rings. The molecule has 0 aromatic carbocycles. The number of hydrogen-bond acceptors (Lipinski definition) is 4. The fraction of sp³-hybridized carbons (Fsp3) is 0.462. The summed E-state index contributed by atoms with van der Waals surface area (Å²) >= 11 is 0. The highest BCUT2D eigenvalue weighted by Gasteiger charge is 2.08. The summed E-state index contributed by atoms with van der Waals surface area (Å²) < 4.78 is 1.75. The molecule has 102 valence electrons. The molecule has 0 amide bonds. The van der Waals surface area contributed by atoms with E-state index < -0.39 is 5.97 Å². The molecule has 2 aromatic heterocycles. The van der Waals surface area contributed by atoms with Crippen LogP contribution < -0.4 is 5.32 Å². The van der Waals surface area contributed by atoms with Crippen LogP contribution >= 0.6 is 0 Å². The molecule has 2 N–H and O–H groups in total. The number of carbonyl (C=O) groups is 1. The summed E-state index contributed by atoms with van der Waals surface area (Å²) in [4.78, 5) is 14.6. The summed E-state index contributed by atoms with van der Waals surface area (Å²) in [6.07, 6.45) is 3.19. The average Bonchev–Trinajstić information content (AvgIpc) is 2.76. The number of aromatic nitrogens is 3. The summed E-state index contributed by atoms with van der Waals surface area (Å²) in [5, 5.41) is 16.1. The van der Waals surface area contributed by atoms with Crippen molar-refractivity contribution >= 4 is 17.4 Å². The van der Waals surface area contributed by atoms with Crippen LogP contribution in [-0.4, -0.2) is 31.7 Å². The van der Waals surface area contributed by atoms with Crippen molar-refractivity contribution < 1.29 is 9.90 Å². The molecule has 0 aliphatic rings. The van der Waals surface area contributed by atoms with E-state index in [9.17, 15) is 4.79 Å². The SMILES string of the molecule is Cc1cc(NC(C)CCCC(=O)O)n2ncnc2c1. The quantitative estimate of drug-likeness (QED) is 0.833. The van der Waals surface area contributed by atoms with Crippen LogP contribution in [0.4, 0.5) is 5.82 Å². The lowest BCUT2D eigenvalue weighted by Gasteiger charge is -2.15. The Labute approximate surface area is 111 Å². The second-order valence-electron chi connectivity index (χ2n) is 4.78. The minimum Gasteiger partial charge on any atom is -0.481 e. The van der Waals surface area contributed by atoms with Crippen molar-refractivity contribution in [3.05, 3.63) is 24.0 Å². The standard InChI is InChI=1S/C13H18N4O2/c1-9-6-11-14-8-15-17(11)12(7-9)16-10(2)4-3-5-13(18)19/h6-8,10,16H,3-5H2,1-2H3,(H,18,19). The first-order valence-electron chi connectivity index (χ1n) is 6.35. The van der Waals surface area contributed by atoms with E-state index in [2.05, 4.69) is 15.4 Å². The number of nitrogens with zero attached hydrogens (tertiary/aromatic N) is 3. The summed E-state index contributed by atoms with van der Waals surface area (Å²) in [6, 6.07) is 4.16. The van der Waals surface area contributed by atoms with Crippen LogP contribution in [0.2, 0.25) is 0 Å². The van der Waals surface area contributed by atoms with Crippen molar-refractivity contribution in [3.63, 3.8) is 0 Å². The second-order valence-corrected chi connectivity index (χ2v) is 4.78. The van der Waals surface area contributed by atoms with Gasteiger partial charge in [0.25, 0.3) is 0 Å². The molecule has 0 aliphatic carbocycles. The van der Waals surface area contributed by atoms with Crippen LogP contribution in [-0.2, 0) is 4.79 Å². The van der Waals surface area contributed by atoms with Crippen LogP contribution in [0.15, 0.2) is 18.5 Å². The number of aryl methyl sites for hydroxylation is 1. The summed E-state index contributed by atoms with van der Waals surface area (Å²) in [5.74, 6) is 0.136. The lowest BCUT2D eigenvalue weighted by molar-refractivity contribution is -0.137. The predicted molar refractivity (Wildman–Crippen MR) is 72.3 cm³/mol. The van der Waals surface area contributed by atoms with Crippen LogP contribution in [0, 0.1) is 6.92 Å². The van der Waals surface area contributed by atoms with Gasteiger partial charge in [0.15, 0.2) is 5.65 Å². The van der Waals surface area contributed by atoms with E-state index >= 15 is 0 Å². The number of anilines is 1. The van der Waals surface area contributed by atoms with E-state index in [1.54, 1.807) is 4.52 Å². The minimum atomic E-state index is -0.749. The molecule has 2 heterocycles. The maximum absolute atomic E-state index is 10.5. The third-order valence-electron chi connectivity index (χ3n) is 2.95. The Morgan fingerprint density at radius 3 is 3.05 bits per heavy atom. The number of nitrogens with one attached hydrogen (secondary N) is 1. The Hall–Kier alpha value is -2.11. The highest BCUT2D eigenvalue weighted by molar-refractivity contribution is 5.66. The molecule has 0 radical (unpaired) electrons. The number of rotatable bonds is 6. The van der Waals surface area contributed by atoms with E-state index in [1.165, 1.54) is 6.33 Å². The zero-order valence-corrected chi connectivity index (χ0v) is 11.1. The first kappa shape index (κ1) is 13.3. The van der Waals surface area contributed by atoms with E-state index in [0.29, 0.717) is 6.42 Å². The molecule has 0 spiro atoms. The first-order valence-corrected chi connectivity index (χ1v) is 6.35. The van der Waals surface area contributed by atoms with Crippen LogP contribution in [0.5, 0.6) is 0 Å². The summed E-state index contributed by atoms with van der Waals surface area (Å²) in [6.45, 7) is 4.04. The fourth-order valence-corrected chi connectivity index (χ4v) is 2.04. The van der Waals surface area contributed by atoms with Crippen molar-refractivity contribution in [1.82, 2.24) is 14.6 Å². The van der Waals surface area contributed by atoms with Gasteiger partial charge < -0.3 is 10.4 Å². The van der Waals surface area contributed by atoms with Gasteiger partial charge in [-0.15, -0.1) is 0 Å². The van der Waals surface area contributed by atoms with Crippen molar-refractivity contribution in [2.75, 3.05) is 5.32 Å². The van der Waals surface area contributed by atoms with Gasteiger partial charge in [-0.3, -0.25) is 4.79 Å². The van der Waals surface area contributed by atoms with Gasteiger partial charge in [-0.05, 0) is 44.4 Å². The second kappa shape index (κ2) is 5.69. The Kier molecular flexibility index (Phi) is 3.99. The van der Waals surface area contributed by atoms with Crippen LogP contribution in [0.3, 0.4) is 0 Å². The summed E-state index contributed by atoms with van der Waals surface area (Å²) in [5.41, 5.74) is 1.92. The highest BCUT2D eigenvalue weighted by atomic mass is 16.4. The number of hydrogen-bond donors (Lipinski definition) is 2. The van der Waals surface area contributed by atoms with E-state index in [0.717, 1.165) is 23.4 Å². The highest BCUT2D eigenvalue weighted by Crippen LogP contribution is 2.15. The van der Waals surface area contributed by atoms with Gasteiger partial charge in [0, 0.05) is 12.5 Å². The number of aliphatic carboxylic acids is 1. The largest absolute Gasteiger partial charge is 0.481 e. The number of carboxylic acids is 1. The van der Waals surface area contributed by atoms with Gasteiger partial charge in [0.1, 0.15) is 12.1 Å². The van der Waals surface area contributed by atoms with Gasteiger partial charge >= 0.3 is 5.97 Å². The molecule has 6 nitrogen and oxygen atoms in total.